The van der Waals surface area contributed by atoms with Gasteiger partial charge in [0.05, 0.1) is 10.6 Å². The molecule has 0 atom stereocenters. The Hall–Kier alpha value is -1.89. The normalized spacial score (nSPS) is 16.0. The maximum absolute atomic E-state index is 12.6. The maximum Gasteiger partial charge on any atom is 0.251 e. The van der Waals surface area contributed by atoms with Crippen LogP contribution in [0.5, 0.6) is 0 Å². The first-order valence-corrected chi connectivity index (χ1v) is 10.9. The monoisotopic (exact) mass is 422 g/mol. The number of hydrogen-bond donors (Lipinski definition) is 2. The van der Waals surface area contributed by atoms with E-state index in [4.69, 9.17) is 0 Å². The van der Waals surface area contributed by atoms with Gasteiger partial charge in [-0.1, -0.05) is 37.3 Å². The van der Waals surface area contributed by atoms with E-state index in [1.165, 1.54) is 0 Å². The molecule has 0 aliphatic carbocycles. The summed E-state index contributed by atoms with van der Waals surface area (Å²) in [5, 5.41) is 6.35. The van der Waals surface area contributed by atoms with Gasteiger partial charge < -0.3 is 10.6 Å². The summed E-state index contributed by atoms with van der Waals surface area (Å²) in [6, 6.07) is 15.2. The minimum Gasteiger partial charge on any atom is -0.351 e. The fraction of sp³-hybridized carbons (Fsp3) is 0.381. The summed E-state index contributed by atoms with van der Waals surface area (Å²) in [4.78, 5) is 12.8. The van der Waals surface area contributed by atoms with E-state index in [0.29, 0.717) is 22.6 Å². The quantitative estimate of drug-likeness (QED) is 0.749. The van der Waals surface area contributed by atoms with Crippen LogP contribution >= 0.6 is 12.4 Å². The van der Waals surface area contributed by atoms with E-state index in [9.17, 15) is 13.2 Å². The van der Waals surface area contributed by atoms with Gasteiger partial charge in [0.25, 0.3) is 5.91 Å². The molecule has 2 aromatic rings. The van der Waals surface area contributed by atoms with Gasteiger partial charge in [-0.05, 0) is 61.2 Å². The Kier molecular flexibility index (Phi) is 7.63. The zero-order chi connectivity index (χ0) is 19.3. The zero-order valence-electron chi connectivity index (χ0n) is 16.0. The molecule has 1 aliphatic heterocycles. The van der Waals surface area contributed by atoms with Crippen molar-refractivity contribution in [3.8, 4) is 0 Å². The first-order valence-electron chi connectivity index (χ1n) is 9.24. The van der Waals surface area contributed by atoms with E-state index < -0.39 is 9.84 Å². The number of piperidine rings is 1. The van der Waals surface area contributed by atoms with Gasteiger partial charge in [0.2, 0.25) is 0 Å². The Morgan fingerprint density at radius 3 is 2.43 bits per heavy atom. The highest BCUT2D eigenvalue weighted by Crippen LogP contribution is 2.26. The Labute approximate surface area is 173 Å². The molecule has 0 radical (unpaired) electrons. The summed E-state index contributed by atoms with van der Waals surface area (Å²) in [5.74, 6) is -0.282. The van der Waals surface area contributed by atoms with E-state index in [2.05, 4.69) is 17.6 Å². The second kappa shape index (κ2) is 9.54. The van der Waals surface area contributed by atoms with Crippen molar-refractivity contribution in [1.29, 1.82) is 0 Å². The van der Waals surface area contributed by atoms with Crippen molar-refractivity contribution >= 4 is 28.2 Å². The maximum atomic E-state index is 12.6. The third kappa shape index (κ3) is 5.80. The standard InChI is InChI=1S/C21H26N2O3S.ClH/c1-21(10-12-22-13-11-21)16-23-20(24)18-7-5-6-17(14-18)15-27(25,26)19-8-3-2-4-9-19;/h2-9,14,22H,10-13,15-16H2,1H3,(H,23,24);1H. The number of nitrogens with one attached hydrogen (secondary N) is 2. The number of carbonyl (C=O) groups is 1. The molecule has 152 valence electrons. The molecule has 3 rings (SSSR count). The third-order valence-corrected chi connectivity index (χ3v) is 6.84. The fourth-order valence-electron chi connectivity index (χ4n) is 3.34. The summed E-state index contributed by atoms with van der Waals surface area (Å²) in [7, 11) is -3.43. The second-order valence-corrected chi connectivity index (χ2v) is 9.51. The van der Waals surface area contributed by atoms with Crippen molar-refractivity contribution in [2.75, 3.05) is 19.6 Å². The lowest BCUT2D eigenvalue weighted by molar-refractivity contribution is 0.0922. The molecule has 1 saturated heterocycles. The molecule has 0 saturated carbocycles. The number of sulfone groups is 1. The van der Waals surface area contributed by atoms with E-state index in [1.54, 1.807) is 54.6 Å². The molecule has 7 heteroatoms. The van der Waals surface area contributed by atoms with Crippen LogP contribution in [0, 0.1) is 5.41 Å². The summed E-state index contributed by atoms with van der Waals surface area (Å²) in [6.07, 6.45) is 2.06. The van der Waals surface area contributed by atoms with Crippen LogP contribution < -0.4 is 10.6 Å². The minimum absolute atomic E-state index is 0. The van der Waals surface area contributed by atoms with E-state index in [-0.39, 0.29) is 29.5 Å². The number of hydrogen-bond acceptors (Lipinski definition) is 4. The van der Waals surface area contributed by atoms with Gasteiger partial charge in [0, 0.05) is 12.1 Å². The SMILES string of the molecule is CC1(CNC(=O)c2cccc(CS(=O)(=O)c3ccccc3)c2)CCNCC1.Cl. The summed E-state index contributed by atoms with van der Waals surface area (Å²) >= 11 is 0. The highest BCUT2D eigenvalue weighted by atomic mass is 35.5. The smallest absolute Gasteiger partial charge is 0.251 e. The van der Waals surface area contributed by atoms with Crippen molar-refractivity contribution in [2.24, 2.45) is 5.41 Å². The molecule has 5 nitrogen and oxygen atoms in total. The Bertz CT molecular complexity index is 895. The first-order chi connectivity index (χ1) is 12.9. The molecule has 2 N–H and O–H groups in total. The van der Waals surface area contributed by atoms with Crippen LogP contribution in [-0.4, -0.2) is 34.0 Å². The van der Waals surface area contributed by atoms with Crippen LogP contribution in [0.4, 0.5) is 0 Å². The lowest BCUT2D eigenvalue weighted by Gasteiger charge is -2.34. The lowest BCUT2D eigenvalue weighted by Crippen LogP contribution is -2.42. The van der Waals surface area contributed by atoms with E-state index in [1.807, 2.05) is 0 Å². The van der Waals surface area contributed by atoms with Gasteiger partial charge in [0.15, 0.2) is 9.84 Å². The fourth-order valence-corrected chi connectivity index (χ4v) is 4.69. The number of carbonyl (C=O) groups excluding carboxylic acids is 1. The topological polar surface area (TPSA) is 75.3 Å². The van der Waals surface area contributed by atoms with Crippen molar-refractivity contribution in [3.63, 3.8) is 0 Å². The predicted octanol–water partition coefficient (Wildman–Crippen LogP) is 3.20. The number of rotatable bonds is 6. The third-order valence-electron chi connectivity index (χ3n) is 5.13. The first kappa shape index (κ1) is 22.4. The molecule has 0 unspecified atom stereocenters. The molecular weight excluding hydrogens is 396 g/mol. The number of benzene rings is 2. The average Bonchev–Trinajstić information content (AvgIpc) is 2.67. The summed E-state index contributed by atoms with van der Waals surface area (Å²) in [5.41, 5.74) is 1.21. The van der Waals surface area contributed by atoms with Gasteiger partial charge >= 0.3 is 0 Å². The molecule has 0 aromatic heterocycles. The molecule has 28 heavy (non-hydrogen) atoms. The Morgan fingerprint density at radius 1 is 1.07 bits per heavy atom. The molecule has 1 aliphatic rings. The molecule has 0 bridgehead atoms. The summed E-state index contributed by atoms with van der Waals surface area (Å²) < 4.78 is 25.1. The Balaban J connectivity index is 0.00000280. The van der Waals surface area contributed by atoms with Gasteiger partial charge in [-0.2, -0.15) is 0 Å². The van der Waals surface area contributed by atoms with Crippen molar-refractivity contribution in [2.45, 2.75) is 30.4 Å². The van der Waals surface area contributed by atoms with Crippen LogP contribution in [0.1, 0.15) is 35.7 Å². The van der Waals surface area contributed by atoms with Crippen molar-refractivity contribution < 1.29 is 13.2 Å². The van der Waals surface area contributed by atoms with Gasteiger partial charge in [0.1, 0.15) is 0 Å². The molecular formula is C21H27ClN2O3S. The Morgan fingerprint density at radius 2 is 1.75 bits per heavy atom. The lowest BCUT2D eigenvalue weighted by atomic mass is 9.81. The van der Waals surface area contributed by atoms with Crippen LogP contribution in [-0.2, 0) is 15.6 Å². The highest BCUT2D eigenvalue weighted by molar-refractivity contribution is 7.90. The molecule has 1 amide bonds. The predicted molar refractivity (Wildman–Crippen MR) is 114 cm³/mol. The largest absolute Gasteiger partial charge is 0.351 e. The van der Waals surface area contributed by atoms with Crippen molar-refractivity contribution in [3.05, 3.63) is 65.7 Å². The molecule has 0 spiro atoms. The highest BCUT2D eigenvalue weighted by Gasteiger charge is 2.27. The van der Waals surface area contributed by atoms with Gasteiger partial charge in [-0.25, -0.2) is 8.42 Å². The minimum atomic E-state index is -3.43. The van der Waals surface area contributed by atoms with Crippen molar-refractivity contribution in [1.82, 2.24) is 10.6 Å². The van der Waals surface area contributed by atoms with Crippen LogP contribution in [0.3, 0.4) is 0 Å². The molecule has 2 aromatic carbocycles. The number of halogens is 1. The van der Waals surface area contributed by atoms with Gasteiger partial charge in [-0.15, -0.1) is 12.4 Å². The van der Waals surface area contributed by atoms with Crippen LogP contribution in [0.15, 0.2) is 59.5 Å². The van der Waals surface area contributed by atoms with E-state index >= 15 is 0 Å². The molecule has 1 heterocycles. The molecule has 1 fully saturated rings. The zero-order valence-corrected chi connectivity index (χ0v) is 17.6. The van der Waals surface area contributed by atoms with Gasteiger partial charge in [-0.3, -0.25) is 4.79 Å². The summed E-state index contributed by atoms with van der Waals surface area (Å²) in [6.45, 7) is 4.76. The number of amides is 1. The van der Waals surface area contributed by atoms with E-state index in [0.717, 1.165) is 25.9 Å². The van der Waals surface area contributed by atoms with Crippen LogP contribution in [0.2, 0.25) is 0 Å². The average molecular weight is 423 g/mol. The van der Waals surface area contributed by atoms with Crippen LogP contribution in [0.25, 0.3) is 0 Å². The second-order valence-electron chi connectivity index (χ2n) is 7.52.